The van der Waals surface area contributed by atoms with Crippen LogP contribution in [0.2, 0.25) is 5.02 Å². The Kier molecular flexibility index (Phi) is 6.86. The molecule has 0 aliphatic carbocycles. The molecule has 0 aromatic heterocycles. The van der Waals surface area contributed by atoms with Gasteiger partial charge in [0, 0.05) is 36.9 Å². The van der Waals surface area contributed by atoms with Gasteiger partial charge in [0.25, 0.3) is 10.2 Å². The average molecular weight is 421 g/mol. The summed E-state index contributed by atoms with van der Waals surface area (Å²) in [6, 6.07) is 6.76. The summed E-state index contributed by atoms with van der Waals surface area (Å²) in [5, 5.41) is 9.77. The van der Waals surface area contributed by atoms with Crippen molar-refractivity contribution in [2.24, 2.45) is 5.41 Å². The van der Waals surface area contributed by atoms with E-state index < -0.39 is 21.7 Å². The predicted octanol–water partition coefficient (Wildman–Crippen LogP) is 2.02. The molecule has 1 saturated heterocycles. The highest BCUT2D eigenvalue weighted by Crippen LogP contribution is 2.23. The number of thiocarbonyl (C=S) groups is 1. The Hall–Kier alpha value is -0.970. The van der Waals surface area contributed by atoms with Crippen LogP contribution in [0.1, 0.15) is 20.8 Å². The zero-order chi connectivity index (χ0) is 19.5. The lowest BCUT2D eigenvalue weighted by atomic mass is 9.87. The topological polar surface area (TPSA) is 84.9 Å². The zero-order valence-electron chi connectivity index (χ0n) is 15.1. The first-order valence-corrected chi connectivity index (χ1v) is 10.5. The molecule has 10 heteroatoms. The van der Waals surface area contributed by atoms with Gasteiger partial charge in [-0.3, -0.25) is 10.7 Å². The van der Waals surface area contributed by atoms with Gasteiger partial charge in [-0.15, -0.1) is 0 Å². The summed E-state index contributed by atoms with van der Waals surface area (Å²) in [5.41, 5.74) is 2.41. The van der Waals surface area contributed by atoms with E-state index in [1.165, 1.54) is 4.31 Å². The molecule has 0 spiro atoms. The van der Waals surface area contributed by atoms with Gasteiger partial charge in [0.05, 0.1) is 6.04 Å². The average Bonchev–Trinajstić information content (AvgIpc) is 2.59. The van der Waals surface area contributed by atoms with Crippen molar-refractivity contribution in [2.75, 3.05) is 31.1 Å². The Morgan fingerprint density at radius 3 is 2.19 bits per heavy atom. The number of hydrogen-bond acceptors (Lipinski definition) is 5. The smallest absolute Gasteiger partial charge is 0.280 e. The number of hydroxylamine groups is 1. The highest BCUT2D eigenvalue weighted by molar-refractivity contribution is 7.87. The maximum Gasteiger partial charge on any atom is 0.280 e. The molecule has 1 fully saturated rings. The molecule has 1 aliphatic rings. The van der Waals surface area contributed by atoms with Crippen LogP contribution in [0, 0.1) is 5.41 Å². The van der Waals surface area contributed by atoms with Crippen LogP contribution in [-0.2, 0) is 10.2 Å². The Morgan fingerprint density at radius 2 is 1.73 bits per heavy atom. The van der Waals surface area contributed by atoms with Gasteiger partial charge in [-0.05, 0) is 29.7 Å². The van der Waals surface area contributed by atoms with Crippen LogP contribution in [0.4, 0.5) is 5.69 Å². The van der Waals surface area contributed by atoms with E-state index in [0.717, 1.165) is 5.69 Å². The molecule has 0 amide bonds. The number of halogens is 1. The van der Waals surface area contributed by atoms with Crippen molar-refractivity contribution in [2.45, 2.75) is 26.8 Å². The minimum Gasteiger partial charge on any atom is -0.369 e. The van der Waals surface area contributed by atoms with Crippen LogP contribution >= 0.6 is 23.8 Å². The van der Waals surface area contributed by atoms with Crippen molar-refractivity contribution < 1.29 is 13.6 Å². The standard InChI is InChI=1S/C16H25ClN4O3S2/c1-16(2,3)14(15(25)18-22)19-26(23,24)21-10-8-20(9-11-21)13-6-4-12(17)5-7-13/h4-7,14,19,22H,8-11H2,1-3H3,(H,18,25)/t14-/m0/s1. The fraction of sp³-hybridized carbons (Fsp3) is 0.562. The van der Waals surface area contributed by atoms with Crippen molar-refractivity contribution in [1.29, 1.82) is 0 Å². The summed E-state index contributed by atoms with van der Waals surface area (Å²) in [5.74, 6) is 0. The Labute approximate surface area is 165 Å². The minimum atomic E-state index is -3.74. The molecule has 1 aliphatic heterocycles. The van der Waals surface area contributed by atoms with Gasteiger partial charge in [0.2, 0.25) is 0 Å². The van der Waals surface area contributed by atoms with E-state index >= 15 is 0 Å². The molecule has 7 nitrogen and oxygen atoms in total. The van der Waals surface area contributed by atoms with Crippen LogP contribution in [0.3, 0.4) is 0 Å². The van der Waals surface area contributed by atoms with Crippen molar-refractivity contribution >= 4 is 44.7 Å². The maximum atomic E-state index is 12.8. The zero-order valence-corrected chi connectivity index (χ0v) is 17.5. The third kappa shape index (κ3) is 5.28. The van der Waals surface area contributed by atoms with Crippen molar-refractivity contribution in [3.8, 4) is 0 Å². The molecule has 0 unspecified atom stereocenters. The lowest BCUT2D eigenvalue weighted by Crippen LogP contribution is -2.58. The van der Waals surface area contributed by atoms with Crippen molar-refractivity contribution in [3.63, 3.8) is 0 Å². The maximum absolute atomic E-state index is 12.8. The number of nitrogens with zero attached hydrogens (tertiary/aromatic N) is 2. The molecule has 26 heavy (non-hydrogen) atoms. The summed E-state index contributed by atoms with van der Waals surface area (Å²) in [6.45, 7) is 7.41. The summed E-state index contributed by atoms with van der Waals surface area (Å²) in [4.78, 5) is 2.16. The number of hydrogen-bond donors (Lipinski definition) is 3. The molecule has 0 bridgehead atoms. The minimum absolute atomic E-state index is 0.0425. The highest BCUT2D eigenvalue weighted by Gasteiger charge is 2.36. The van der Waals surface area contributed by atoms with E-state index in [1.54, 1.807) is 0 Å². The molecule has 3 N–H and O–H groups in total. The first-order valence-electron chi connectivity index (χ1n) is 8.26. The molecule has 1 aromatic rings. The van der Waals surface area contributed by atoms with E-state index in [0.29, 0.717) is 31.2 Å². The number of piperazine rings is 1. The fourth-order valence-electron chi connectivity index (χ4n) is 2.75. The van der Waals surface area contributed by atoms with Gasteiger partial charge in [-0.1, -0.05) is 44.6 Å². The largest absolute Gasteiger partial charge is 0.369 e. The predicted molar refractivity (Wildman–Crippen MR) is 108 cm³/mol. The van der Waals surface area contributed by atoms with Gasteiger partial charge in [0.1, 0.15) is 4.99 Å². The molecule has 1 heterocycles. The van der Waals surface area contributed by atoms with E-state index in [-0.39, 0.29) is 4.99 Å². The lowest BCUT2D eigenvalue weighted by Gasteiger charge is -2.37. The van der Waals surface area contributed by atoms with E-state index in [2.05, 4.69) is 9.62 Å². The third-order valence-corrected chi connectivity index (χ3v) is 6.43. The van der Waals surface area contributed by atoms with Crippen LogP contribution in [-0.4, -0.2) is 55.1 Å². The second-order valence-electron chi connectivity index (χ2n) is 7.26. The SMILES string of the molecule is CC(C)(C)[C@@H](NS(=O)(=O)N1CCN(c2ccc(Cl)cc2)CC1)C(=S)NO. The fourth-order valence-corrected chi connectivity index (χ4v) is 4.93. The van der Waals surface area contributed by atoms with E-state index in [1.807, 2.05) is 50.5 Å². The summed E-state index contributed by atoms with van der Waals surface area (Å²) >= 11 is 11.0. The quantitative estimate of drug-likeness (QED) is 0.499. The van der Waals surface area contributed by atoms with Crippen LogP contribution < -0.4 is 15.1 Å². The van der Waals surface area contributed by atoms with Gasteiger partial charge < -0.3 is 4.90 Å². The molecular formula is C16H25ClN4O3S2. The number of benzene rings is 1. The second-order valence-corrected chi connectivity index (χ2v) is 9.84. The number of nitrogens with one attached hydrogen (secondary N) is 2. The van der Waals surface area contributed by atoms with Gasteiger partial charge >= 0.3 is 0 Å². The molecule has 146 valence electrons. The van der Waals surface area contributed by atoms with E-state index in [4.69, 9.17) is 29.0 Å². The molecule has 1 atom stereocenters. The normalized spacial score (nSPS) is 17.8. The van der Waals surface area contributed by atoms with Crippen LogP contribution in [0.15, 0.2) is 24.3 Å². The molecule has 2 rings (SSSR count). The van der Waals surface area contributed by atoms with Gasteiger partial charge in [-0.25, -0.2) is 0 Å². The van der Waals surface area contributed by atoms with Crippen LogP contribution in [0.25, 0.3) is 0 Å². The lowest BCUT2D eigenvalue weighted by molar-refractivity contribution is 0.222. The number of anilines is 1. The highest BCUT2D eigenvalue weighted by atomic mass is 35.5. The summed E-state index contributed by atoms with van der Waals surface area (Å²) < 4.78 is 29.5. The van der Waals surface area contributed by atoms with Gasteiger partial charge in [0.15, 0.2) is 0 Å². The number of rotatable bonds is 5. The third-order valence-electron chi connectivity index (χ3n) is 4.28. The molecular weight excluding hydrogens is 396 g/mol. The van der Waals surface area contributed by atoms with Gasteiger partial charge in [-0.2, -0.15) is 17.4 Å². The Balaban J connectivity index is 2.04. The molecule has 0 saturated carbocycles. The van der Waals surface area contributed by atoms with Crippen molar-refractivity contribution in [3.05, 3.63) is 29.3 Å². The van der Waals surface area contributed by atoms with E-state index in [9.17, 15) is 8.42 Å². The van der Waals surface area contributed by atoms with Crippen LogP contribution in [0.5, 0.6) is 0 Å². The summed E-state index contributed by atoms with van der Waals surface area (Å²) in [6.07, 6.45) is 0. The first-order chi connectivity index (χ1) is 12.0. The Bertz CT molecular complexity index is 727. The monoisotopic (exact) mass is 420 g/mol. The summed E-state index contributed by atoms with van der Waals surface area (Å²) in [7, 11) is -3.74. The Morgan fingerprint density at radius 1 is 1.19 bits per heavy atom. The molecule has 1 aromatic carbocycles. The first kappa shape index (κ1) is 21.3. The second kappa shape index (κ2) is 8.37. The van der Waals surface area contributed by atoms with Crippen molar-refractivity contribution in [1.82, 2.24) is 14.5 Å². The molecule has 0 radical (unpaired) electrons.